The minimum absolute atomic E-state index is 0.0752. The first kappa shape index (κ1) is 60.1. The Balaban J connectivity index is 3.97. The smallest absolute Gasteiger partial charge is 0.306 e. The van der Waals surface area contributed by atoms with Gasteiger partial charge in [-0.05, 0) is 77.0 Å². The molecule has 0 saturated heterocycles. The van der Waals surface area contributed by atoms with Crippen LogP contribution in [0.2, 0.25) is 0 Å². The molecule has 0 aliphatic heterocycles. The van der Waals surface area contributed by atoms with Crippen molar-refractivity contribution in [1.82, 2.24) is 0 Å². The standard InChI is InChI=1S/C57H100O6/c1-4-7-10-13-16-18-20-21-22-23-24-25-26-27-28-29-30-31-32-33-34-35-36-37-38-40-41-44-47-50-56(59)62-53-54(52-61-55(58)49-46-43-15-12-9-6-3)63-57(60)51-48-45-42-39-19-17-14-11-8-5-2/h7,10-11,14,16,18,21-22,24-25,54H,4-6,8-9,12-13,15,17,19-20,23,26-53H2,1-3H3/b10-7-,14-11-,18-16-,22-21-,25-24-. The first-order valence-electron chi connectivity index (χ1n) is 26.8. The number of carbonyl (C=O) groups excluding carboxylic acids is 3. The summed E-state index contributed by atoms with van der Waals surface area (Å²) in [6.45, 7) is 6.40. The van der Waals surface area contributed by atoms with Crippen molar-refractivity contribution in [3.63, 3.8) is 0 Å². The molecule has 6 nitrogen and oxygen atoms in total. The van der Waals surface area contributed by atoms with Crippen LogP contribution in [0.15, 0.2) is 60.8 Å². The lowest BCUT2D eigenvalue weighted by molar-refractivity contribution is -0.167. The Hall–Kier alpha value is -2.89. The Bertz CT molecular complexity index is 1150. The molecule has 0 aromatic rings. The number of rotatable bonds is 48. The molecule has 0 aliphatic rings. The zero-order chi connectivity index (χ0) is 45.8. The monoisotopic (exact) mass is 881 g/mol. The molecular formula is C57H100O6. The third-order valence-corrected chi connectivity index (χ3v) is 11.5. The Morgan fingerprint density at radius 1 is 0.333 bits per heavy atom. The fourth-order valence-corrected chi connectivity index (χ4v) is 7.49. The van der Waals surface area contributed by atoms with Gasteiger partial charge >= 0.3 is 17.9 Å². The van der Waals surface area contributed by atoms with Crippen molar-refractivity contribution in [2.24, 2.45) is 0 Å². The van der Waals surface area contributed by atoms with Gasteiger partial charge in [-0.3, -0.25) is 14.4 Å². The summed E-state index contributed by atoms with van der Waals surface area (Å²) in [5.74, 6) is -0.892. The fraction of sp³-hybridized carbons (Fsp3) is 0.772. The van der Waals surface area contributed by atoms with Gasteiger partial charge < -0.3 is 14.2 Å². The lowest BCUT2D eigenvalue weighted by Crippen LogP contribution is -2.30. The molecule has 1 atom stereocenters. The predicted molar refractivity (Wildman–Crippen MR) is 270 cm³/mol. The van der Waals surface area contributed by atoms with Crippen LogP contribution in [-0.2, 0) is 28.6 Å². The third kappa shape index (κ3) is 50.0. The molecule has 0 radical (unpaired) electrons. The molecule has 0 aromatic heterocycles. The molecule has 0 fully saturated rings. The van der Waals surface area contributed by atoms with Crippen molar-refractivity contribution < 1.29 is 28.6 Å². The van der Waals surface area contributed by atoms with Gasteiger partial charge in [0, 0.05) is 19.3 Å². The van der Waals surface area contributed by atoms with Crippen LogP contribution in [0, 0.1) is 0 Å². The van der Waals surface area contributed by atoms with Gasteiger partial charge in [-0.25, -0.2) is 0 Å². The van der Waals surface area contributed by atoms with Gasteiger partial charge in [0.15, 0.2) is 6.10 Å². The van der Waals surface area contributed by atoms with Crippen LogP contribution >= 0.6 is 0 Å². The van der Waals surface area contributed by atoms with E-state index in [-0.39, 0.29) is 31.1 Å². The molecule has 0 bridgehead atoms. The summed E-state index contributed by atoms with van der Waals surface area (Å²) in [5, 5.41) is 0. The lowest BCUT2D eigenvalue weighted by Gasteiger charge is -2.18. The van der Waals surface area contributed by atoms with E-state index in [4.69, 9.17) is 14.2 Å². The summed E-state index contributed by atoms with van der Waals surface area (Å²) in [6, 6.07) is 0. The average molecular weight is 881 g/mol. The molecule has 0 heterocycles. The van der Waals surface area contributed by atoms with Crippen molar-refractivity contribution in [1.29, 1.82) is 0 Å². The van der Waals surface area contributed by atoms with E-state index in [1.54, 1.807) is 0 Å². The molecule has 364 valence electrons. The van der Waals surface area contributed by atoms with Crippen molar-refractivity contribution >= 4 is 17.9 Å². The summed E-state index contributed by atoms with van der Waals surface area (Å²) >= 11 is 0. The van der Waals surface area contributed by atoms with E-state index in [9.17, 15) is 14.4 Å². The van der Waals surface area contributed by atoms with Crippen molar-refractivity contribution in [3.8, 4) is 0 Å². The van der Waals surface area contributed by atoms with E-state index >= 15 is 0 Å². The number of allylic oxidation sites excluding steroid dienone is 10. The van der Waals surface area contributed by atoms with E-state index in [0.29, 0.717) is 19.3 Å². The maximum atomic E-state index is 12.7. The Morgan fingerprint density at radius 2 is 0.651 bits per heavy atom. The Kier molecular flexibility index (Phi) is 49.4. The molecule has 0 saturated carbocycles. The van der Waals surface area contributed by atoms with Gasteiger partial charge in [-0.15, -0.1) is 0 Å². The minimum Gasteiger partial charge on any atom is -0.462 e. The van der Waals surface area contributed by atoms with E-state index < -0.39 is 6.10 Å². The van der Waals surface area contributed by atoms with Gasteiger partial charge in [0.25, 0.3) is 0 Å². The molecule has 0 aromatic carbocycles. The second-order valence-electron chi connectivity index (χ2n) is 17.8. The molecule has 63 heavy (non-hydrogen) atoms. The number of esters is 3. The SMILES string of the molecule is CC/C=C\C/C=C\C/C=C\C/C=C\CCCCCCCCCCCCCCCCCCC(=O)OCC(COC(=O)CCCCCCCC)OC(=O)CCCCCCC/C=C\CCC. The predicted octanol–water partition coefficient (Wildman–Crippen LogP) is 17.6. The largest absolute Gasteiger partial charge is 0.462 e. The molecule has 0 aliphatic carbocycles. The maximum absolute atomic E-state index is 12.7. The Morgan fingerprint density at radius 3 is 1.05 bits per heavy atom. The van der Waals surface area contributed by atoms with Gasteiger partial charge in [0.1, 0.15) is 13.2 Å². The summed E-state index contributed by atoms with van der Waals surface area (Å²) in [4.78, 5) is 37.6. The van der Waals surface area contributed by atoms with E-state index in [1.807, 2.05) is 0 Å². The molecule has 0 rings (SSSR count). The summed E-state index contributed by atoms with van der Waals surface area (Å²) in [6.07, 6.45) is 64.0. The zero-order valence-corrected chi connectivity index (χ0v) is 41.6. The summed E-state index contributed by atoms with van der Waals surface area (Å²) < 4.78 is 16.7. The molecule has 6 heteroatoms. The topological polar surface area (TPSA) is 78.9 Å². The van der Waals surface area contributed by atoms with Crippen LogP contribution in [0.1, 0.15) is 265 Å². The van der Waals surface area contributed by atoms with Crippen molar-refractivity contribution in [2.45, 2.75) is 271 Å². The van der Waals surface area contributed by atoms with Crippen molar-refractivity contribution in [2.75, 3.05) is 13.2 Å². The van der Waals surface area contributed by atoms with Crippen LogP contribution in [-0.4, -0.2) is 37.2 Å². The van der Waals surface area contributed by atoms with Gasteiger partial charge in [0.05, 0.1) is 0 Å². The Labute approximate surface area is 390 Å². The van der Waals surface area contributed by atoms with Crippen LogP contribution < -0.4 is 0 Å². The lowest BCUT2D eigenvalue weighted by atomic mass is 10.0. The molecule has 0 N–H and O–H groups in total. The number of hydrogen-bond donors (Lipinski definition) is 0. The third-order valence-electron chi connectivity index (χ3n) is 11.5. The van der Waals surface area contributed by atoms with E-state index in [1.165, 1.54) is 122 Å². The molecule has 0 amide bonds. The second-order valence-corrected chi connectivity index (χ2v) is 17.8. The highest BCUT2D eigenvalue weighted by atomic mass is 16.6. The minimum atomic E-state index is -0.771. The average Bonchev–Trinajstić information content (AvgIpc) is 3.28. The van der Waals surface area contributed by atoms with E-state index in [0.717, 1.165) is 103 Å². The number of unbranched alkanes of at least 4 members (excludes halogenated alkanes) is 27. The van der Waals surface area contributed by atoms with E-state index in [2.05, 4.69) is 81.5 Å². The van der Waals surface area contributed by atoms with Crippen LogP contribution in [0.3, 0.4) is 0 Å². The van der Waals surface area contributed by atoms with Crippen LogP contribution in [0.25, 0.3) is 0 Å². The highest BCUT2D eigenvalue weighted by Crippen LogP contribution is 2.16. The van der Waals surface area contributed by atoms with Gasteiger partial charge in [-0.2, -0.15) is 0 Å². The highest BCUT2D eigenvalue weighted by molar-refractivity contribution is 5.71. The van der Waals surface area contributed by atoms with Crippen molar-refractivity contribution in [3.05, 3.63) is 60.8 Å². The van der Waals surface area contributed by atoms with Gasteiger partial charge in [-0.1, -0.05) is 229 Å². The van der Waals surface area contributed by atoms with Crippen LogP contribution in [0.4, 0.5) is 0 Å². The zero-order valence-electron chi connectivity index (χ0n) is 41.6. The second kappa shape index (κ2) is 51.7. The quantitative estimate of drug-likeness (QED) is 0.0262. The number of hydrogen-bond acceptors (Lipinski definition) is 6. The van der Waals surface area contributed by atoms with Gasteiger partial charge in [0.2, 0.25) is 0 Å². The molecule has 0 spiro atoms. The summed E-state index contributed by atoms with van der Waals surface area (Å²) in [7, 11) is 0. The first-order chi connectivity index (χ1) is 31.0. The normalized spacial score (nSPS) is 12.5. The van der Waals surface area contributed by atoms with Crippen LogP contribution in [0.5, 0.6) is 0 Å². The number of carbonyl (C=O) groups is 3. The molecular weight excluding hydrogens is 781 g/mol. The fourth-order valence-electron chi connectivity index (χ4n) is 7.49. The maximum Gasteiger partial charge on any atom is 0.306 e. The molecule has 1 unspecified atom stereocenters. The highest BCUT2D eigenvalue weighted by Gasteiger charge is 2.19. The number of ether oxygens (including phenoxy) is 3. The first-order valence-corrected chi connectivity index (χ1v) is 26.8. The summed E-state index contributed by atoms with van der Waals surface area (Å²) in [5.41, 5.74) is 0.